The Morgan fingerprint density at radius 2 is 1.96 bits per heavy atom. The van der Waals surface area contributed by atoms with Gasteiger partial charge in [-0.05, 0) is 63.3 Å². The number of likely N-dealkylation sites (N-methyl/N-ethyl adjacent to an activating group) is 1. The lowest BCUT2D eigenvalue weighted by Crippen LogP contribution is -2.37. The molecule has 2 aromatic rings. The van der Waals surface area contributed by atoms with Crippen LogP contribution in [0.25, 0.3) is 0 Å². The van der Waals surface area contributed by atoms with E-state index in [2.05, 4.69) is 15.5 Å². The largest absolute Gasteiger partial charge is 0.497 e. The summed E-state index contributed by atoms with van der Waals surface area (Å²) in [5.41, 5.74) is 2.81. The van der Waals surface area contributed by atoms with E-state index in [0.29, 0.717) is 24.6 Å². The van der Waals surface area contributed by atoms with Crippen LogP contribution in [0.4, 0.5) is 10.5 Å². The number of ether oxygens (including phenoxy) is 2. The average Bonchev–Trinajstić information content (AvgIpc) is 2.64. The van der Waals surface area contributed by atoms with Gasteiger partial charge in [0.25, 0.3) is 0 Å². The van der Waals surface area contributed by atoms with E-state index >= 15 is 0 Å². The minimum Gasteiger partial charge on any atom is -0.497 e. The fraction of sp³-hybridized carbons (Fsp3) is 0.381. The summed E-state index contributed by atoms with van der Waals surface area (Å²) in [5, 5.41) is 5.82. The zero-order chi connectivity index (χ0) is 19.8. The van der Waals surface area contributed by atoms with Crippen LogP contribution in [0.3, 0.4) is 0 Å². The van der Waals surface area contributed by atoms with Crippen molar-refractivity contribution in [1.82, 2.24) is 10.2 Å². The fourth-order valence-corrected chi connectivity index (χ4v) is 2.81. The highest BCUT2D eigenvalue weighted by Gasteiger charge is 2.16. The van der Waals surface area contributed by atoms with Gasteiger partial charge in [0.15, 0.2) is 0 Å². The van der Waals surface area contributed by atoms with Gasteiger partial charge in [0.05, 0.1) is 25.4 Å². The minimum atomic E-state index is -0.269. The summed E-state index contributed by atoms with van der Waals surface area (Å²) >= 11 is 0. The lowest BCUT2D eigenvalue weighted by molar-refractivity contribution is 0.243. The molecule has 2 N–H and O–H groups in total. The number of hydrogen-bond donors (Lipinski definition) is 2. The smallest absolute Gasteiger partial charge is 0.319 e. The molecule has 0 aliphatic heterocycles. The van der Waals surface area contributed by atoms with Crippen molar-refractivity contribution in [3.05, 3.63) is 53.6 Å². The van der Waals surface area contributed by atoms with Crippen LogP contribution in [0.5, 0.6) is 11.5 Å². The van der Waals surface area contributed by atoms with Crippen LogP contribution in [0.15, 0.2) is 42.5 Å². The molecule has 2 amide bonds. The van der Waals surface area contributed by atoms with E-state index in [9.17, 15) is 4.79 Å². The van der Waals surface area contributed by atoms with E-state index in [-0.39, 0.29) is 12.1 Å². The summed E-state index contributed by atoms with van der Waals surface area (Å²) in [6.07, 6.45) is 0. The minimum absolute atomic E-state index is 0.0234. The number of anilines is 1. The van der Waals surface area contributed by atoms with Crippen molar-refractivity contribution in [3.8, 4) is 11.5 Å². The molecule has 1 atom stereocenters. The first-order valence-corrected chi connectivity index (χ1v) is 9.03. The predicted molar refractivity (Wildman–Crippen MR) is 109 cm³/mol. The maximum absolute atomic E-state index is 12.4. The maximum Gasteiger partial charge on any atom is 0.319 e. The van der Waals surface area contributed by atoms with Gasteiger partial charge < -0.3 is 25.0 Å². The number of hydrogen-bond acceptors (Lipinski definition) is 4. The first-order chi connectivity index (χ1) is 12.9. The lowest BCUT2D eigenvalue weighted by Gasteiger charge is -2.25. The standard InChI is InChI=1S/C21H29N3O3/c1-6-27-20-12-15(2)10-11-18(20)23-21(25)22-14-19(24(3)4)16-8-7-9-17(13-16)26-5/h7-13,19H,6,14H2,1-5H3,(H2,22,23,25). The molecule has 1 unspecified atom stereocenters. The Bertz CT molecular complexity index is 762. The molecule has 0 aliphatic rings. The number of amides is 2. The van der Waals surface area contributed by atoms with Gasteiger partial charge in [0, 0.05) is 6.54 Å². The van der Waals surface area contributed by atoms with Crippen molar-refractivity contribution < 1.29 is 14.3 Å². The fourth-order valence-electron chi connectivity index (χ4n) is 2.81. The molecule has 0 spiro atoms. The molecule has 6 nitrogen and oxygen atoms in total. The van der Waals surface area contributed by atoms with Gasteiger partial charge in [0.1, 0.15) is 11.5 Å². The monoisotopic (exact) mass is 371 g/mol. The average molecular weight is 371 g/mol. The molecule has 0 fully saturated rings. The Labute approximate surface area is 161 Å². The molecule has 0 saturated carbocycles. The van der Waals surface area contributed by atoms with Gasteiger partial charge >= 0.3 is 6.03 Å². The molecule has 0 saturated heterocycles. The van der Waals surface area contributed by atoms with Crippen molar-refractivity contribution in [2.24, 2.45) is 0 Å². The number of nitrogens with one attached hydrogen (secondary N) is 2. The third-order valence-electron chi connectivity index (χ3n) is 4.24. The summed E-state index contributed by atoms with van der Waals surface area (Å²) in [7, 11) is 5.61. The van der Waals surface area contributed by atoms with Gasteiger partial charge in [-0.2, -0.15) is 0 Å². The van der Waals surface area contributed by atoms with Crippen LogP contribution < -0.4 is 20.1 Å². The van der Waals surface area contributed by atoms with E-state index < -0.39 is 0 Å². The summed E-state index contributed by atoms with van der Waals surface area (Å²) < 4.78 is 10.9. The highest BCUT2D eigenvalue weighted by molar-refractivity contribution is 5.91. The Kier molecular flexibility index (Phi) is 7.49. The first kappa shape index (κ1) is 20.6. The van der Waals surface area contributed by atoms with Gasteiger partial charge in [-0.25, -0.2) is 4.79 Å². The second kappa shape index (κ2) is 9.83. The highest BCUT2D eigenvalue weighted by Crippen LogP contribution is 2.26. The normalized spacial score (nSPS) is 11.8. The van der Waals surface area contributed by atoms with E-state index in [1.54, 1.807) is 7.11 Å². The SMILES string of the molecule is CCOc1cc(C)ccc1NC(=O)NCC(c1cccc(OC)c1)N(C)C. The number of methoxy groups -OCH3 is 1. The van der Waals surface area contributed by atoms with Gasteiger partial charge in [0.2, 0.25) is 0 Å². The lowest BCUT2D eigenvalue weighted by atomic mass is 10.1. The van der Waals surface area contributed by atoms with Gasteiger partial charge in [-0.3, -0.25) is 0 Å². The van der Waals surface area contributed by atoms with Crippen LogP contribution in [-0.2, 0) is 0 Å². The van der Waals surface area contributed by atoms with Crippen molar-refractivity contribution in [1.29, 1.82) is 0 Å². The third-order valence-corrected chi connectivity index (χ3v) is 4.24. The molecular formula is C21H29N3O3. The van der Waals surface area contributed by atoms with Gasteiger partial charge in [-0.1, -0.05) is 18.2 Å². The van der Waals surface area contributed by atoms with Crippen LogP contribution in [0.2, 0.25) is 0 Å². The Hall–Kier alpha value is -2.73. The van der Waals surface area contributed by atoms with Crippen molar-refractivity contribution in [2.75, 3.05) is 39.7 Å². The molecule has 2 rings (SSSR count). The summed E-state index contributed by atoms with van der Waals surface area (Å²) in [6.45, 7) is 4.91. The predicted octanol–water partition coefficient (Wildman–Crippen LogP) is 3.83. The summed E-state index contributed by atoms with van der Waals surface area (Å²) in [6, 6.07) is 13.3. The zero-order valence-electron chi connectivity index (χ0n) is 16.7. The molecule has 146 valence electrons. The van der Waals surface area contributed by atoms with Crippen LogP contribution in [-0.4, -0.2) is 45.3 Å². The number of urea groups is 1. The Balaban J connectivity index is 2.04. The van der Waals surface area contributed by atoms with E-state index in [1.165, 1.54) is 0 Å². The third kappa shape index (κ3) is 5.89. The molecule has 2 aromatic carbocycles. The summed E-state index contributed by atoms with van der Waals surface area (Å²) in [5.74, 6) is 1.47. The molecule has 0 aliphatic carbocycles. The quantitative estimate of drug-likeness (QED) is 0.740. The number of nitrogens with zero attached hydrogens (tertiary/aromatic N) is 1. The molecule has 27 heavy (non-hydrogen) atoms. The molecule has 0 aromatic heterocycles. The molecule has 0 radical (unpaired) electrons. The molecular weight excluding hydrogens is 342 g/mol. The summed E-state index contributed by atoms with van der Waals surface area (Å²) in [4.78, 5) is 14.5. The molecule has 6 heteroatoms. The van der Waals surface area contributed by atoms with E-state index in [1.807, 2.05) is 70.4 Å². The van der Waals surface area contributed by atoms with Crippen LogP contribution in [0, 0.1) is 6.92 Å². The second-order valence-electron chi connectivity index (χ2n) is 6.52. The number of benzene rings is 2. The van der Waals surface area contributed by atoms with Crippen molar-refractivity contribution >= 4 is 11.7 Å². The Morgan fingerprint density at radius 3 is 2.63 bits per heavy atom. The molecule has 0 bridgehead atoms. The number of rotatable bonds is 8. The number of carbonyl (C=O) groups is 1. The zero-order valence-corrected chi connectivity index (χ0v) is 16.7. The van der Waals surface area contributed by atoms with Crippen LogP contribution >= 0.6 is 0 Å². The van der Waals surface area contributed by atoms with E-state index in [4.69, 9.17) is 9.47 Å². The number of aryl methyl sites for hydroxylation is 1. The van der Waals surface area contributed by atoms with Gasteiger partial charge in [-0.15, -0.1) is 0 Å². The number of carbonyl (C=O) groups excluding carboxylic acids is 1. The van der Waals surface area contributed by atoms with Crippen LogP contribution in [0.1, 0.15) is 24.1 Å². The first-order valence-electron chi connectivity index (χ1n) is 9.03. The maximum atomic E-state index is 12.4. The van der Waals surface area contributed by atoms with E-state index in [0.717, 1.165) is 16.9 Å². The van der Waals surface area contributed by atoms with Crippen molar-refractivity contribution in [3.63, 3.8) is 0 Å². The van der Waals surface area contributed by atoms with Crippen molar-refractivity contribution in [2.45, 2.75) is 19.9 Å². The molecule has 0 heterocycles. The topological polar surface area (TPSA) is 62.8 Å². The Morgan fingerprint density at radius 1 is 1.19 bits per heavy atom. The second-order valence-corrected chi connectivity index (χ2v) is 6.52. The highest BCUT2D eigenvalue weighted by atomic mass is 16.5.